The highest BCUT2D eigenvalue weighted by Gasteiger charge is 2.21. The van der Waals surface area contributed by atoms with E-state index in [-0.39, 0.29) is 17.2 Å². The molecular formula is C10H13FN2O2S. The SMILES string of the molecule is Nc1cc(N2CCS(=O)(=O)CC2)ccc1F. The van der Waals surface area contributed by atoms with Crippen LogP contribution in [0.3, 0.4) is 0 Å². The van der Waals surface area contributed by atoms with E-state index in [1.807, 2.05) is 4.90 Å². The Kier molecular flexibility index (Phi) is 2.75. The summed E-state index contributed by atoms with van der Waals surface area (Å²) in [6, 6.07) is 4.45. The number of benzene rings is 1. The molecule has 1 saturated heterocycles. The first kappa shape index (κ1) is 11.2. The number of sulfone groups is 1. The molecule has 0 saturated carbocycles. The van der Waals surface area contributed by atoms with E-state index in [0.29, 0.717) is 13.1 Å². The number of hydrogen-bond acceptors (Lipinski definition) is 4. The molecule has 16 heavy (non-hydrogen) atoms. The number of rotatable bonds is 1. The fourth-order valence-electron chi connectivity index (χ4n) is 1.70. The average Bonchev–Trinajstić information content (AvgIpc) is 2.22. The lowest BCUT2D eigenvalue weighted by Gasteiger charge is -2.28. The molecule has 0 aliphatic carbocycles. The van der Waals surface area contributed by atoms with E-state index in [9.17, 15) is 12.8 Å². The summed E-state index contributed by atoms with van der Waals surface area (Å²) < 4.78 is 35.4. The molecule has 4 nitrogen and oxygen atoms in total. The number of anilines is 2. The van der Waals surface area contributed by atoms with E-state index in [0.717, 1.165) is 5.69 Å². The van der Waals surface area contributed by atoms with Gasteiger partial charge < -0.3 is 10.6 Å². The quantitative estimate of drug-likeness (QED) is 0.736. The van der Waals surface area contributed by atoms with Gasteiger partial charge in [-0.2, -0.15) is 0 Å². The summed E-state index contributed by atoms with van der Waals surface area (Å²) in [7, 11) is -2.89. The van der Waals surface area contributed by atoms with Crippen LogP contribution >= 0.6 is 0 Å². The van der Waals surface area contributed by atoms with Gasteiger partial charge in [-0.05, 0) is 18.2 Å². The minimum absolute atomic E-state index is 0.0888. The van der Waals surface area contributed by atoms with E-state index >= 15 is 0 Å². The van der Waals surface area contributed by atoms with Gasteiger partial charge in [0.25, 0.3) is 0 Å². The molecule has 1 fully saturated rings. The molecule has 1 aliphatic heterocycles. The summed E-state index contributed by atoms with van der Waals surface area (Å²) in [6.45, 7) is 0.876. The zero-order valence-corrected chi connectivity index (χ0v) is 9.50. The molecule has 0 bridgehead atoms. The monoisotopic (exact) mass is 244 g/mol. The van der Waals surface area contributed by atoms with Crippen molar-refractivity contribution in [1.29, 1.82) is 0 Å². The molecule has 2 N–H and O–H groups in total. The van der Waals surface area contributed by atoms with E-state index in [1.165, 1.54) is 12.1 Å². The maximum atomic E-state index is 12.9. The molecule has 6 heteroatoms. The highest BCUT2D eigenvalue weighted by molar-refractivity contribution is 7.91. The summed E-state index contributed by atoms with van der Waals surface area (Å²) in [5, 5.41) is 0. The van der Waals surface area contributed by atoms with Gasteiger partial charge in [0.15, 0.2) is 9.84 Å². The van der Waals surface area contributed by atoms with Crippen molar-refractivity contribution >= 4 is 21.2 Å². The molecule has 1 heterocycles. The highest BCUT2D eigenvalue weighted by atomic mass is 32.2. The van der Waals surface area contributed by atoms with Crippen molar-refractivity contribution in [1.82, 2.24) is 0 Å². The summed E-state index contributed by atoms with van der Waals surface area (Å²) in [4.78, 5) is 1.90. The lowest BCUT2D eigenvalue weighted by atomic mass is 10.2. The van der Waals surface area contributed by atoms with E-state index in [4.69, 9.17) is 5.73 Å². The standard InChI is InChI=1S/C10H13FN2O2S/c11-9-2-1-8(7-10(9)12)13-3-5-16(14,15)6-4-13/h1-2,7H,3-6,12H2. The van der Waals surface area contributed by atoms with Crippen LogP contribution in [0.1, 0.15) is 0 Å². The maximum absolute atomic E-state index is 12.9. The number of nitrogens with two attached hydrogens (primary N) is 1. The Morgan fingerprint density at radius 2 is 1.88 bits per heavy atom. The van der Waals surface area contributed by atoms with Gasteiger partial charge >= 0.3 is 0 Å². The van der Waals surface area contributed by atoms with Crippen molar-refractivity contribution in [2.75, 3.05) is 35.2 Å². The number of halogens is 1. The van der Waals surface area contributed by atoms with Gasteiger partial charge in [0.2, 0.25) is 0 Å². The number of nitrogen functional groups attached to an aromatic ring is 1. The third-order valence-electron chi connectivity index (χ3n) is 2.69. The molecule has 0 amide bonds. The van der Waals surface area contributed by atoms with Crippen LogP contribution in [-0.2, 0) is 9.84 Å². The minimum Gasteiger partial charge on any atom is -0.396 e. The van der Waals surface area contributed by atoms with Gasteiger partial charge in [0, 0.05) is 18.8 Å². The Morgan fingerprint density at radius 3 is 2.44 bits per heavy atom. The maximum Gasteiger partial charge on any atom is 0.153 e. The van der Waals surface area contributed by atoms with Crippen LogP contribution in [0.25, 0.3) is 0 Å². The van der Waals surface area contributed by atoms with Gasteiger partial charge in [0.05, 0.1) is 17.2 Å². The van der Waals surface area contributed by atoms with Crippen molar-refractivity contribution < 1.29 is 12.8 Å². The first-order chi connectivity index (χ1) is 7.48. The molecular weight excluding hydrogens is 231 g/mol. The molecule has 1 aromatic carbocycles. The van der Waals surface area contributed by atoms with E-state index in [1.54, 1.807) is 6.07 Å². The molecule has 0 aromatic heterocycles. The second-order valence-corrected chi connectivity index (χ2v) is 6.15. The minimum atomic E-state index is -2.89. The topological polar surface area (TPSA) is 63.4 Å². The van der Waals surface area contributed by atoms with E-state index < -0.39 is 15.7 Å². The predicted molar refractivity (Wildman–Crippen MR) is 61.7 cm³/mol. The molecule has 0 radical (unpaired) electrons. The lowest BCUT2D eigenvalue weighted by molar-refractivity contribution is 0.586. The first-order valence-electron chi connectivity index (χ1n) is 4.98. The molecule has 1 aromatic rings. The molecule has 0 unspecified atom stereocenters. The Bertz CT molecular complexity index is 488. The number of hydrogen-bond donors (Lipinski definition) is 1. The Labute approximate surface area is 93.8 Å². The van der Waals surface area contributed by atoms with Gasteiger partial charge in [0.1, 0.15) is 5.82 Å². The van der Waals surface area contributed by atoms with Crippen molar-refractivity contribution in [3.63, 3.8) is 0 Å². The molecule has 1 aliphatic rings. The summed E-state index contributed by atoms with van der Waals surface area (Å²) in [5.74, 6) is -0.164. The zero-order valence-electron chi connectivity index (χ0n) is 8.69. The second-order valence-electron chi connectivity index (χ2n) is 3.84. The van der Waals surface area contributed by atoms with Crippen LogP contribution < -0.4 is 10.6 Å². The fraction of sp³-hybridized carbons (Fsp3) is 0.400. The first-order valence-corrected chi connectivity index (χ1v) is 6.80. The molecule has 0 spiro atoms. The van der Waals surface area contributed by atoms with Crippen LogP contribution in [0, 0.1) is 5.82 Å². The summed E-state index contributed by atoms with van der Waals surface area (Å²) >= 11 is 0. The van der Waals surface area contributed by atoms with Gasteiger partial charge in [-0.3, -0.25) is 0 Å². The van der Waals surface area contributed by atoms with Crippen molar-refractivity contribution in [2.45, 2.75) is 0 Å². The highest BCUT2D eigenvalue weighted by Crippen LogP contribution is 2.21. The average molecular weight is 244 g/mol. The third kappa shape index (κ3) is 2.27. The van der Waals surface area contributed by atoms with Crippen LogP contribution in [0.5, 0.6) is 0 Å². The van der Waals surface area contributed by atoms with Crippen LogP contribution in [0.15, 0.2) is 18.2 Å². The molecule has 2 rings (SSSR count). The normalized spacial score (nSPS) is 19.7. The predicted octanol–water partition coefficient (Wildman–Crippen LogP) is 0.643. The summed E-state index contributed by atoms with van der Waals surface area (Å²) in [5.41, 5.74) is 6.32. The van der Waals surface area contributed by atoms with Gasteiger partial charge in [-0.15, -0.1) is 0 Å². The van der Waals surface area contributed by atoms with Crippen molar-refractivity contribution in [3.05, 3.63) is 24.0 Å². The van der Waals surface area contributed by atoms with Crippen molar-refractivity contribution in [3.8, 4) is 0 Å². The van der Waals surface area contributed by atoms with Crippen molar-refractivity contribution in [2.24, 2.45) is 0 Å². The van der Waals surface area contributed by atoms with Gasteiger partial charge in [-0.25, -0.2) is 12.8 Å². The largest absolute Gasteiger partial charge is 0.396 e. The number of nitrogens with zero attached hydrogens (tertiary/aromatic N) is 1. The van der Waals surface area contributed by atoms with Crippen LogP contribution in [-0.4, -0.2) is 33.0 Å². The lowest BCUT2D eigenvalue weighted by Crippen LogP contribution is -2.40. The Hall–Kier alpha value is -1.30. The van der Waals surface area contributed by atoms with E-state index in [2.05, 4.69) is 0 Å². The second kappa shape index (κ2) is 3.93. The summed E-state index contributed by atoms with van der Waals surface area (Å²) in [6.07, 6.45) is 0. The Balaban J connectivity index is 2.17. The van der Waals surface area contributed by atoms with Gasteiger partial charge in [-0.1, -0.05) is 0 Å². The van der Waals surface area contributed by atoms with Crippen LogP contribution in [0.2, 0.25) is 0 Å². The molecule has 0 atom stereocenters. The van der Waals surface area contributed by atoms with Crippen LogP contribution in [0.4, 0.5) is 15.8 Å². The third-order valence-corrected chi connectivity index (χ3v) is 4.30. The Morgan fingerprint density at radius 1 is 1.25 bits per heavy atom. The molecule has 88 valence electrons. The fourth-order valence-corrected chi connectivity index (χ4v) is 2.90. The smallest absolute Gasteiger partial charge is 0.153 e. The zero-order chi connectivity index (χ0) is 11.8.